The first-order chi connectivity index (χ1) is 23.5. The maximum atomic E-state index is 13.9. The maximum absolute atomic E-state index is 13.9. The van der Waals surface area contributed by atoms with Gasteiger partial charge in [-0.3, -0.25) is 14.4 Å². The molecule has 2 heterocycles. The number of piperazine rings is 1. The molecule has 1 saturated heterocycles. The molecular formula is C37H45N5O7. The number of hydrogen-bond donors (Lipinski definition) is 1. The van der Waals surface area contributed by atoms with Crippen molar-refractivity contribution >= 4 is 23.9 Å². The first-order valence-corrected chi connectivity index (χ1v) is 16.9. The van der Waals surface area contributed by atoms with Gasteiger partial charge in [-0.05, 0) is 58.4 Å². The third kappa shape index (κ3) is 10.5. The molecule has 0 bridgehead atoms. The maximum Gasteiger partial charge on any atom is 0.410 e. The lowest BCUT2D eigenvalue weighted by atomic mass is 10.1. The number of ether oxygens (including phenoxy) is 3. The van der Waals surface area contributed by atoms with Crippen LogP contribution in [0.2, 0.25) is 0 Å². The summed E-state index contributed by atoms with van der Waals surface area (Å²) in [5.74, 6) is -0.826. The molecule has 260 valence electrons. The summed E-state index contributed by atoms with van der Waals surface area (Å²) in [5, 5.41) is 2.83. The molecular weight excluding hydrogens is 626 g/mol. The van der Waals surface area contributed by atoms with Crippen LogP contribution in [0, 0.1) is 0 Å². The molecule has 12 nitrogen and oxygen atoms in total. The largest absolute Gasteiger partial charge is 0.474 e. The van der Waals surface area contributed by atoms with E-state index in [0.29, 0.717) is 11.4 Å². The molecule has 2 aliphatic rings. The predicted octanol–water partition coefficient (Wildman–Crippen LogP) is 5.17. The molecule has 1 aromatic heterocycles. The zero-order valence-corrected chi connectivity index (χ0v) is 28.4. The van der Waals surface area contributed by atoms with Crippen molar-refractivity contribution in [3.63, 3.8) is 0 Å². The molecule has 0 spiro atoms. The van der Waals surface area contributed by atoms with E-state index in [1.807, 2.05) is 60.7 Å². The lowest BCUT2D eigenvalue weighted by Gasteiger charge is -2.36. The van der Waals surface area contributed by atoms with E-state index < -0.39 is 29.6 Å². The van der Waals surface area contributed by atoms with Gasteiger partial charge in [0, 0.05) is 44.2 Å². The Bertz CT molecular complexity index is 1580. The third-order valence-electron chi connectivity index (χ3n) is 8.27. The number of benzene rings is 2. The van der Waals surface area contributed by atoms with Gasteiger partial charge in [-0.1, -0.05) is 60.7 Å². The van der Waals surface area contributed by atoms with E-state index in [9.17, 15) is 19.2 Å². The van der Waals surface area contributed by atoms with Crippen LogP contribution in [0.5, 0.6) is 5.88 Å². The fourth-order valence-electron chi connectivity index (χ4n) is 5.78. The van der Waals surface area contributed by atoms with Crippen LogP contribution in [-0.4, -0.2) is 87.6 Å². The number of hydrogen-bond acceptors (Lipinski definition) is 9. The molecule has 1 N–H and O–H groups in total. The topological polar surface area (TPSA) is 140 Å². The molecule has 0 unspecified atom stereocenters. The Hall–Kier alpha value is -5.00. The molecule has 3 amide bonds. The smallest absolute Gasteiger partial charge is 0.410 e. The number of carbonyl (C=O) groups excluding carboxylic acids is 4. The lowest BCUT2D eigenvalue weighted by molar-refractivity contribution is -0.155. The Balaban J connectivity index is 1.29. The van der Waals surface area contributed by atoms with Gasteiger partial charge >= 0.3 is 12.1 Å². The Morgan fingerprint density at radius 3 is 2.16 bits per heavy atom. The van der Waals surface area contributed by atoms with Crippen molar-refractivity contribution < 1.29 is 33.4 Å². The number of rotatable bonds is 11. The van der Waals surface area contributed by atoms with E-state index in [2.05, 4.69) is 15.3 Å². The fraction of sp³-hybridized carbons (Fsp3) is 0.459. The van der Waals surface area contributed by atoms with Crippen LogP contribution >= 0.6 is 0 Å². The Kier molecular flexibility index (Phi) is 11.8. The van der Waals surface area contributed by atoms with Gasteiger partial charge in [0.2, 0.25) is 11.8 Å². The number of nitrogens with zero attached hydrogens (tertiary/aromatic N) is 4. The summed E-state index contributed by atoms with van der Waals surface area (Å²) in [5.41, 5.74) is 0.939. The van der Waals surface area contributed by atoms with Gasteiger partial charge in [0.25, 0.3) is 5.91 Å². The average Bonchev–Trinajstić information content (AvgIpc) is 3.61. The van der Waals surface area contributed by atoms with Gasteiger partial charge < -0.3 is 29.3 Å². The van der Waals surface area contributed by atoms with Crippen LogP contribution in [-0.2, 0) is 25.7 Å². The molecule has 1 aliphatic carbocycles. The summed E-state index contributed by atoms with van der Waals surface area (Å²) in [6.07, 6.45) is 3.43. The number of aromatic nitrogens is 2. The summed E-state index contributed by atoms with van der Waals surface area (Å²) in [6, 6.07) is 19.1. The molecule has 1 atom stereocenters. The second-order valence-electron chi connectivity index (χ2n) is 13.3. The number of amides is 3. The average molecular weight is 672 g/mol. The van der Waals surface area contributed by atoms with E-state index in [0.717, 1.165) is 31.2 Å². The highest BCUT2D eigenvalue weighted by Crippen LogP contribution is 2.26. The standard InChI is InChI=1S/C37H45N5O7/c1-37(2,3)49-32(43)19-18-29(35(45)41-20-22-42(23-21-41)36(46)47-25-26-12-6-4-7-13-26)39-34(44)30-24-31(48-28-16-10-11-17-28)40-33(38-30)27-14-8-5-9-15-27/h4-9,12-15,24,28-29H,10-11,16-23,25H2,1-3H3,(H,39,44)/t29-/m0/s1. The Morgan fingerprint density at radius 1 is 0.878 bits per heavy atom. The minimum Gasteiger partial charge on any atom is -0.474 e. The highest BCUT2D eigenvalue weighted by molar-refractivity contribution is 5.97. The minimum absolute atomic E-state index is 0.00637. The van der Waals surface area contributed by atoms with Crippen molar-refractivity contribution in [1.82, 2.24) is 25.1 Å². The molecule has 5 rings (SSSR count). The second-order valence-corrected chi connectivity index (χ2v) is 13.3. The first-order valence-electron chi connectivity index (χ1n) is 16.9. The quantitative estimate of drug-likeness (QED) is 0.274. The van der Waals surface area contributed by atoms with Gasteiger partial charge in [-0.15, -0.1) is 0 Å². The van der Waals surface area contributed by atoms with Gasteiger partial charge in [0.15, 0.2) is 5.82 Å². The predicted molar refractivity (Wildman–Crippen MR) is 181 cm³/mol. The fourth-order valence-corrected chi connectivity index (χ4v) is 5.78. The van der Waals surface area contributed by atoms with Crippen LogP contribution in [0.4, 0.5) is 4.79 Å². The van der Waals surface area contributed by atoms with Gasteiger partial charge in [0.05, 0.1) is 0 Å². The van der Waals surface area contributed by atoms with Crippen molar-refractivity contribution in [3.8, 4) is 17.3 Å². The van der Waals surface area contributed by atoms with Crippen molar-refractivity contribution in [2.45, 2.75) is 83.6 Å². The van der Waals surface area contributed by atoms with Crippen LogP contribution < -0.4 is 10.1 Å². The van der Waals surface area contributed by atoms with E-state index in [4.69, 9.17) is 14.2 Å². The highest BCUT2D eigenvalue weighted by atomic mass is 16.6. The van der Waals surface area contributed by atoms with Crippen molar-refractivity contribution in [3.05, 3.63) is 78.0 Å². The Morgan fingerprint density at radius 2 is 1.51 bits per heavy atom. The zero-order valence-electron chi connectivity index (χ0n) is 28.4. The summed E-state index contributed by atoms with van der Waals surface area (Å²) in [4.78, 5) is 65.3. The summed E-state index contributed by atoms with van der Waals surface area (Å²) >= 11 is 0. The van der Waals surface area contributed by atoms with Crippen LogP contribution in [0.15, 0.2) is 66.7 Å². The Labute approximate surface area is 287 Å². The highest BCUT2D eigenvalue weighted by Gasteiger charge is 2.32. The van der Waals surface area contributed by atoms with Gasteiger partial charge in [0.1, 0.15) is 30.0 Å². The summed E-state index contributed by atoms with van der Waals surface area (Å²) in [6.45, 7) is 6.46. The summed E-state index contributed by atoms with van der Waals surface area (Å²) in [7, 11) is 0. The van der Waals surface area contributed by atoms with Gasteiger partial charge in [-0.2, -0.15) is 4.98 Å². The molecule has 12 heteroatoms. The van der Waals surface area contributed by atoms with Crippen molar-refractivity contribution in [2.75, 3.05) is 26.2 Å². The SMILES string of the molecule is CC(C)(C)OC(=O)CC[C@H](NC(=O)c1cc(OC2CCCC2)nc(-c2ccccc2)n1)C(=O)N1CCN(C(=O)OCc2ccccc2)CC1. The van der Waals surface area contributed by atoms with Crippen molar-refractivity contribution in [1.29, 1.82) is 0 Å². The van der Waals surface area contributed by atoms with Crippen LogP contribution in [0.3, 0.4) is 0 Å². The van der Waals surface area contributed by atoms with Crippen LogP contribution in [0.1, 0.15) is 75.3 Å². The molecule has 0 radical (unpaired) electrons. The molecule has 2 fully saturated rings. The first kappa shape index (κ1) is 35.3. The third-order valence-corrected chi connectivity index (χ3v) is 8.27. The van der Waals surface area contributed by atoms with E-state index in [1.165, 1.54) is 6.07 Å². The number of nitrogens with one attached hydrogen (secondary N) is 1. The number of esters is 1. The monoisotopic (exact) mass is 671 g/mol. The van der Waals surface area contributed by atoms with E-state index in [1.54, 1.807) is 30.6 Å². The van der Waals surface area contributed by atoms with E-state index in [-0.39, 0.29) is 69.2 Å². The van der Waals surface area contributed by atoms with Crippen LogP contribution in [0.25, 0.3) is 11.4 Å². The molecule has 2 aromatic carbocycles. The molecule has 3 aromatic rings. The molecule has 1 aliphatic heterocycles. The zero-order chi connectivity index (χ0) is 34.8. The molecule has 49 heavy (non-hydrogen) atoms. The molecule has 1 saturated carbocycles. The number of carbonyl (C=O) groups is 4. The van der Waals surface area contributed by atoms with E-state index >= 15 is 0 Å². The summed E-state index contributed by atoms with van der Waals surface area (Å²) < 4.78 is 17.1. The van der Waals surface area contributed by atoms with Crippen molar-refractivity contribution in [2.24, 2.45) is 0 Å². The lowest BCUT2D eigenvalue weighted by Crippen LogP contribution is -2.56. The second kappa shape index (κ2) is 16.4. The minimum atomic E-state index is -1.05. The van der Waals surface area contributed by atoms with Gasteiger partial charge in [-0.25, -0.2) is 9.78 Å². The normalized spacial score (nSPS) is 15.7.